The van der Waals surface area contributed by atoms with Crippen molar-refractivity contribution in [3.63, 3.8) is 0 Å². The Morgan fingerprint density at radius 3 is 2.48 bits per heavy atom. The number of hydrogen-bond acceptors (Lipinski definition) is 4. The quantitative estimate of drug-likeness (QED) is 0.721. The Balaban J connectivity index is 2.06. The second-order valence-electron chi connectivity index (χ2n) is 5.73. The van der Waals surface area contributed by atoms with Crippen LogP contribution in [0.4, 0.5) is 5.82 Å². The van der Waals surface area contributed by atoms with E-state index < -0.39 is 10.0 Å². The summed E-state index contributed by atoms with van der Waals surface area (Å²) in [7, 11) is -3.76. The molecule has 1 N–H and O–H groups in total. The smallest absolute Gasteiger partial charge is 0.263 e. The van der Waals surface area contributed by atoms with Crippen molar-refractivity contribution < 1.29 is 13.2 Å². The van der Waals surface area contributed by atoms with Crippen molar-refractivity contribution in [2.45, 2.75) is 25.2 Å². The van der Waals surface area contributed by atoms with Crippen molar-refractivity contribution in [3.8, 4) is 5.75 Å². The molecular weight excluding hydrogens is 336 g/mol. The van der Waals surface area contributed by atoms with Crippen LogP contribution >= 0.6 is 0 Å². The van der Waals surface area contributed by atoms with Gasteiger partial charge in [-0.1, -0.05) is 37.3 Å². The van der Waals surface area contributed by atoms with Gasteiger partial charge in [0.2, 0.25) is 0 Å². The zero-order chi connectivity index (χ0) is 17.9. The summed E-state index contributed by atoms with van der Waals surface area (Å²) >= 11 is 0. The number of sulfonamides is 1. The molecule has 0 aliphatic heterocycles. The Morgan fingerprint density at radius 1 is 1.00 bits per heavy atom. The first-order valence-corrected chi connectivity index (χ1v) is 9.60. The molecule has 0 aliphatic carbocycles. The highest BCUT2D eigenvalue weighted by molar-refractivity contribution is 7.93. The van der Waals surface area contributed by atoms with Crippen molar-refractivity contribution in [2.75, 3.05) is 11.3 Å². The lowest BCUT2D eigenvalue weighted by Gasteiger charge is -2.13. The maximum atomic E-state index is 12.9. The fourth-order valence-corrected chi connectivity index (χ4v) is 3.82. The predicted octanol–water partition coefficient (Wildman–Crippen LogP) is 4.13. The van der Waals surface area contributed by atoms with E-state index >= 15 is 0 Å². The number of fused-ring (bicyclic) bond motifs is 1. The van der Waals surface area contributed by atoms with Crippen LogP contribution in [0.2, 0.25) is 0 Å². The molecule has 6 heteroatoms. The lowest BCUT2D eigenvalue weighted by atomic mass is 10.1. The van der Waals surface area contributed by atoms with Crippen LogP contribution in [-0.4, -0.2) is 20.0 Å². The average Bonchev–Trinajstić information content (AvgIpc) is 2.59. The van der Waals surface area contributed by atoms with Gasteiger partial charge in [0.05, 0.1) is 11.5 Å². The third-order valence-electron chi connectivity index (χ3n) is 3.72. The summed E-state index contributed by atoms with van der Waals surface area (Å²) in [5.74, 6) is 0.987. The molecule has 0 saturated heterocycles. The number of aryl methyl sites for hydroxylation is 1. The first kappa shape index (κ1) is 17.2. The third-order valence-corrected chi connectivity index (χ3v) is 5.14. The molecule has 5 nitrogen and oxygen atoms in total. The molecule has 0 bridgehead atoms. The number of anilines is 1. The van der Waals surface area contributed by atoms with Gasteiger partial charge in [0.1, 0.15) is 11.6 Å². The van der Waals surface area contributed by atoms with E-state index in [1.54, 1.807) is 30.3 Å². The molecule has 0 unspecified atom stereocenters. The topological polar surface area (TPSA) is 68.3 Å². The van der Waals surface area contributed by atoms with Crippen LogP contribution in [0.3, 0.4) is 0 Å². The fourth-order valence-electron chi connectivity index (χ4n) is 2.61. The Kier molecular flexibility index (Phi) is 4.90. The largest absolute Gasteiger partial charge is 0.493 e. The van der Waals surface area contributed by atoms with Crippen LogP contribution < -0.4 is 9.46 Å². The van der Waals surface area contributed by atoms with Gasteiger partial charge < -0.3 is 4.74 Å². The Morgan fingerprint density at radius 2 is 1.76 bits per heavy atom. The number of ether oxygens (including phenoxy) is 1. The van der Waals surface area contributed by atoms with E-state index in [4.69, 9.17) is 4.74 Å². The average molecular weight is 356 g/mol. The molecular formula is C19H20N2O3S. The molecule has 3 aromatic rings. The second kappa shape index (κ2) is 7.11. The number of nitrogens with one attached hydrogen (secondary N) is 1. The highest BCUT2D eigenvalue weighted by atomic mass is 32.2. The molecule has 0 radical (unpaired) electrons. The molecule has 0 atom stereocenters. The summed E-state index contributed by atoms with van der Waals surface area (Å²) in [6, 6.07) is 15.8. The fraction of sp³-hybridized carbons (Fsp3) is 0.211. The number of rotatable bonds is 6. The molecule has 1 aromatic heterocycles. The first-order valence-electron chi connectivity index (χ1n) is 8.12. The molecule has 2 aromatic carbocycles. The van der Waals surface area contributed by atoms with Crippen molar-refractivity contribution in [1.82, 2.24) is 4.98 Å². The highest BCUT2D eigenvalue weighted by Crippen LogP contribution is 2.31. The van der Waals surface area contributed by atoms with Crippen LogP contribution in [0.5, 0.6) is 5.75 Å². The number of hydrogen-bond donors (Lipinski definition) is 1. The standard InChI is InChI=1S/C19H20N2O3S/c1-3-13-24-17-11-12-18(16-9-5-4-8-15(16)17)25(22,23)21-19-10-6-7-14(2)20-19/h4-12H,3,13H2,1-2H3,(H,20,21). The van der Waals surface area contributed by atoms with E-state index in [2.05, 4.69) is 9.71 Å². The summed E-state index contributed by atoms with van der Waals surface area (Å²) < 4.78 is 34.0. The molecule has 0 aliphatic rings. The molecule has 0 fully saturated rings. The second-order valence-corrected chi connectivity index (χ2v) is 7.38. The van der Waals surface area contributed by atoms with E-state index in [0.29, 0.717) is 23.6 Å². The van der Waals surface area contributed by atoms with E-state index in [1.165, 1.54) is 0 Å². The van der Waals surface area contributed by atoms with Gasteiger partial charge in [0.25, 0.3) is 10.0 Å². The Hall–Kier alpha value is -2.60. The van der Waals surface area contributed by atoms with Crippen LogP contribution in [0.1, 0.15) is 19.0 Å². The lowest BCUT2D eigenvalue weighted by Crippen LogP contribution is -2.14. The van der Waals surface area contributed by atoms with Crippen LogP contribution in [0.25, 0.3) is 10.8 Å². The maximum absolute atomic E-state index is 12.9. The Bertz CT molecular complexity index is 1000. The number of benzene rings is 2. The van der Waals surface area contributed by atoms with Crippen molar-refractivity contribution in [2.24, 2.45) is 0 Å². The van der Waals surface area contributed by atoms with Crippen molar-refractivity contribution in [1.29, 1.82) is 0 Å². The van der Waals surface area contributed by atoms with E-state index in [1.807, 2.05) is 38.1 Å². The van der Waals surface area contributed by atoms with Gasteiger partial charge in [0.15, 0.2) is 0 Å². The SMILES string of the molecule is CCCOc1ccc(S(=O)(=O)Nc2cccc(C)n2)c2ccccc12. The van der Waals surface area contributed by atoms with Gasteiger partial charge in [-0.3, -0.25) is 4.72 Å². The molecule has 25 heavy (non-hydrogen) atoms. The molecule has 130 valence electrons. The minimum atomic E-state index is -3.76. The van der Waals surface area contributed by atoms with Gasteiger partial charge in [0, 0.05) is 16.5 Å². The predicted molar refractivity (Wildman–Crippen MR) is 99.5 cm³/mol. The van der Waals surface area contributed by atoms with Gasteiger partial charge >= 0.3 is 0 Å². The molecule has 0 amide bonds. The van der Waals surface area contributed by atoms with Gasteiger partial charge in [-0.15, -0.1) is 0 Å². The molecule has 1 heterocycles. The van der Waals surface area contributed by atoms with Gasteiger partial charge in [-0.2, -0.15) is 0 Å². The lowest BCUT2D eigenvalue weighted by molar-refractivity contribution is 0.321. The van der Waals surface area contributed by atoms with E-state index in [9.17, 15) is 8.42 Å². The number of aromatic nitrogens is 1. The highest BCUT2D eigenvalue weighted by Gasteiger charge is 2.19. The summed E-state index contributed by atoms with van der Waals surface area (Å²) in [6.07, 6.45) is 0.884. The summed E-state index contributed by atoms with van der Waals surface area (Å²) in [6.45, 7) is 4.43. The van der Waals surface area contributed by atoms with Crippen molar-refractivity contribution in [3.05, 3.63) is 60.3 Å². The molecule has 3 rings (SSSR count). The zero-order valence-electron chi connectivity index (χ0n) is 14.2. The zero-order valence-corrected chi connectivity index (χ0v) is 15.0. The third kappa shape index (κ3) is 3.74. The molecule has 0 saturated carbocycles. The van der Waals surface area contributed by atoms with E-state index in [0.717, 1.165) is 17.5 Å². The van der Waals surface area contributed by atoms with Crippen LogP contribution in [0.15, 0.2) is 59.5 Å². The monoisotopic (exact) mass is 356 g/mol. The summed E-state index contributed by atoms with van der Waals surface area (Å²) in [5, 5.41) is 1.40. The molecule has 0 spiro atoms. The van der Waals surface area contributed by atoms with Crippen LogP contribution in [-0.2, 0) is 10.0 Å². The number of nitrogens with zero attached hydrogens (tertiary/aromatic N) is 1. The maximum Gasteiger partial charge on any atom is 0.263 e. The minimum Gasteiger partial charge on any atom is -0.493 e. The van der Waals surface area contributed by atoms with E-state index in [-0.39, 0.29) is 4.90 Å². The van der Waals surface area contributed by atoms with Crippen molar-refractivity contribution >= 4 is 26.6 Å². The Labute approximate surface area is 147 Å². The van der Waals surface area contributed by atoms with Crippen LogP contribution in [0, 0.1) is 6.92 Å². The van der Waals surface area contributed by atoms with Gasteiger partial charge in [-0.25, -0.2) is 13.4 Å². The number of pyridine rings is 1. The van der Waals surface area contributed by atoms with Gasteiger partial charge in [-0.05, 0) is 37.6 Å². The summed E-state index contributed by atoms with van der Waals surface area (Å²) in [4.78, 5) is 4.41. The minimum absolute atomic E-state index is 0.204. The first-order chi connectivity index (χ1) is 12.0. The normalized spacial score (nSPS) is 11.4. The summed E-state index contributed by atoms with van der Waals surface area (Å²) in [5.41, 5.74) is 0.744.